The Morgan fingerprint density at radius 2 is 2.05 bits per heavy atom. The van der Waals surface area contributed by atoms with E-state index in [9.17, 15) is 4.79 Å². The number of hydrogen-bond acceptors (Lipinski definition) is 5. The van der Waals surface area contributed by atoms with E-state index in [1.807, 2.05) is 27.7 Å². The molecule has 20 heavy (non-hydrogen) atoms. The molecule has 0 bridgehead atoms. The molecule has 6 nitrogen and oxygen atoms in total. The molecular formula is C14H24N4O2. The molecule has 0 saturated carbocycles. The fourth-order valence-corrected chi connectivity index (χ4v) is 1.86. The normalized spacial score (nSPS) is 11.0. The molecule has 0 fully saturated rings. The van der Waals surface area contributed by atoms with Gasteiger partial charge in [-0.25, -0.2) is 9.97 Å². The summed E-state index contributed by atoms with van der Waals surface area (Å²) in [4.78, 5) is 22.9. The molecule has 1 amide bonds. The number of aliphatic hydroxyl groups is 1. The molecule has 0 radical (unpaired) electrons. The zero-order valence-corrected chi connectivity index (χ0v) is 12.8. The van der Waals surface area contributed by atoms with Crippen LogP contribution in [-0.2, 0) is 0 Å². The molecule has 0 aliphatic heterocycles. The smallest absolute Gasteiger partial charge is 0.275 e. The fraction of sp³-hybridized carbons (Fsp3) is 0.643. The Morgan fingerprint density at radius 3 is 2.50 bits per heavy atom. The van der Waals surface area contributed by atoms with Crippen molar-refractivity contribution in [3.8, 4) is 0 Å². The molecule has 1 aromatic heterocycles. The Bertz CT molecular complexity index is 460. The topological polar surface area (TPSA) is 78.4 Å². The molecule has 1 aromatic rings. The van der Waals surface area contributed by atoms with Crippen LogP contribution in [0.15, 0.2) is 6.20 Å². The molecule has 2 N–H and O–H groups in total. The zero-order valence-electron chi connectivity index (χ0n) is 12.8. The number of rotatable bonds is 6. The van der Waals surface area contributed by atoms with E-state index in [1.165, 1.54) is 0 Å². The van der Waals surface area contributed by atoms with Crippen LogP contribution in [0.4, 0.5) is 5.69 Å². The lowest BCUT2D eigenvalue weighted by Gasteiger charge is -2.26. The number of nitrogens with zero attached hydrogens (tertiary/aromatic N) is 3. The van der Waals surface area contributed by atoms with Gasteiger partial charge in [0.05, 0.1) is 18.5 Å². The van der Waals surface area contributed by atoms with Crippen LogP contribution in [-0.4, -0.2) is 52.1 Å². The molecule has 1 rings (SSSR count). The van der Waals surface area contributed by atoms with Crippen LogP contribution in [0.1, 0.15) is 49.9 Å². The van der Waals surface area contributed by atoms with Crippen LogP contribution < -0.4 is 5.32 Å². The van der Waals surface area contributed by atoms with Gasteiger partial charge in [0.1, 0.15) is 5.82 Å². The van der Waals surface area contributed by atoms with Crippen molar-refractivity contribution in [1.82, 2.24) is 14.9 Å². The predicted octanol–water partition coefficient (Wildman–Crippen LogP) is 1.48. The summed E-state index contributed by atoms with van der Waals surface area (Å²) in [6, 6.07) is -0.00294. The second-order valence-corrected chi connectivity index (χ2v) is 5.21. The zero-order chi connectivity index (χ0) is 15.3. The van der Waals surface area contributed by atoms with E-state index in [-0.39, 0.29) is 24.5 Å². The molecule has 0 aromatic carbocycles. The van der Waals surface area contributed by atoms with Crippen LogP contribution in [0.2, 0.25) is 0 Å². The summed E-state index contributed by atoms with van der Waals surface area (Å²) in [5.74, 6) is 0.598. The third-order valence-electron chi connectivity index (χ3n) is 3.02. The van der Waals surface area contributed by atoms with Gasteiger partial charge in [-0.3, -0.25) is 4.79 Å². The number of nitrogens with one attached hydrogen (secondary N) is 1. The SMILES string of the molecule is CNc1cnc(C(C)C)nc1C(=O)N(CCO)C(C)C. The van der Waals surface area contributed by atoms with Gasteiger partial charge in [0.15, 0.2) is 5.69 Å². The number of aliphatic hydroxyl groups excluding tert-OH is 1. The number of carbonyl (C=O) groups excluding carboxylic acids is 1. The van der Waals surface area contributed by atoms with Crippen molar-refractivity contribution in [3.05, 3.63) is 17.7 Å². The van der Waals surface area contributed by atoms with Crippen molar-refractivity contribution in [2.75, 3.05) is 25.5 Å². The number of carbonyl (C=O) groups is 1. The van der Waals surface area contributed by atoms with Crippen molar-refractivity contribution in [2.24, 2.45) is 0 Å². The molecule has 112 valence electrons. The highest BCUT2D eigenvalue weighted by Crippen LogP contribution is 2.18. The summed E-state index contributed by atoms with van der Waals surface area (Å²) in [5.41, 5.74) is 0.955. The van der Waals surface area contributed by atoms with Gasteiger partial charge in [-0.1, -0.05) is 13.8 Å². The van der Waals surface area contributed by atoms with Gasteiger partial charge in [0.25, 0.3) is 5.91 Å². The molecule has 0 saturated heterocycles. The maximum Gasteiger partial charge on any atom is 0.275 e. The Labute approximate surface area is 120 Å². The number of anilines is 1. The summed E-state index contributed by atoms with van der Waals surface area (Å²) in [7, 11) is 1.73. The molecule has 0 atom stereocenters. The van der Waals surface area contributed by atoms with Crippen LogP contribution in [0.5, 0.6) is 0 Å². The van der Waals surface area contributed by atoms with Gasteiger partial charge in [-0.2, -0.15) is 0 Å². The van der Waals surface area contributed by atoms with Crippen molar-refractivity contribution in [1.29, 1.82) is 0 Å². The van der Waals surface area contributed by atoms with Crippen LogP contribution in [0, 0.1) is 0 Å². The van der Waals surface area contributed by atoms with Crippen molar-refractivity contribution in [3.63, 3.8) is 0 Å². The molecule has 0 aliphatic carbocycles. The standard InChI is InChI=1S/C14H24N4O2/c1-9(2)13-16-8-11(15-5)12(17-13)14(20)18(6-7-19)10(3)4/h8-10,15,19H,6-7H2,1-5H3. The molecule has 0 aliphatic rings. The maximum atomic E-state index is 12.6. The number of amides is 1. The van der Waals surface area contributed by atoms with Gasteiger partial charge >= 0.3 is 0 Å². The first kappa shape index (κ1) is 16.4. The number of aromatic nitrogens is 2. The van der Waals surface area contributed by atoms with E-state index in [2.05, 4.69) is 15.3 Å². The maximum absolute atomic E-state index is 12.6. The van der Waals surface area contributed by atoms with E-state index < -0.39 is 0 Å². The summed E-state index contributed by atoms with van der Waals surface area (Å²) in [6.07, 6.45) is 1.63. The van der Waals surface area contributed by atoms with Crippen LogP contribution in [0.25, 0.3) is 0 Å². The average Bonchev–Trinajstić information content (AvgIpc) is 2.42. The van der Waals surface area contributed by atoms with Crippen molar-refractivity contribution >= 4 is 11.6 Å². The second kappa shape index (κ2) is 7.19. The van der Waals surface area contributed by atoms with Gasteiger partial charge < -0.3 is 15.3 Å². The van der Waals surface area contributed by atoms with Gasteiger partial charge in [-0.05, 0) is 13.8 Å². The lowest BCUT2D eigenvalue weighted by Crippen LogP contribution is -2.39. The monoisotopic (exact) mass is 280 g/mol. The van der Waals surface area contributed by atoms with E-state index in [0.29, 0.717) is 23.8 Å². The third kappa shape index (κ3) is 3.66. The van der Waals surface area contributed by atoms with Gasteiger partial charge in [0.2, 0.25) is 0 Å². The highest BCUT2D eigenvalue weighted by molar-refractivity contribution is 5.97. The minimum absolute atomic E-state index is 0.00294. The number of hydrogen-bond donors (Lipinski definition) is 2. The Balaban J connectivity index is 3.20. The van der Waals surface area contributed by atoms with E-state index in [1.54, 1.807) is 18.1 Å². The Hall–Kier alpha value is -1.69. The van der Waals surface area contributed by atoms with Gasteiger partial charge in [0, 0.05) is 25.6 Å². The fourth-order valence-electron chi connectivity index (χ4n) is 1.86. The summed E-state index contributed by atoms with van der Waals surface area (Å²) < 4.78 is 0. The van der Waals surface area contributed by atoms with Crippen molar-refractivity contribution in [2.45, 2.75) is 39.7 Å². The van der Waals surface area contributed by atoms with E-state index >= 15 is 0 Å². The highest BCUT2D eigenvalue weighted by Gasteiger charge is 2.23. The molecule has 0 spiro atoms. The predicted molar refractivity (Wildman–Crippen MR) is 78.9 cm³/mol. The summed E-state index contributed by atoms with van der Waals surface area (Å²) in [6.45, 7) is 8.02. The molecule has 6 heteroatoms. The first-order valence-electron chi connectivity index (χ1n) is 6.88. The lowest BCUT2D eigenvalue weighted by molar-refractivity contribution is 0.0660. The molecule has 1 heterocycles. The van der Waals surface area contributed by atoms with E-state index in [4.69, 9.17) is 5.11 Å². The summed E-state index contributed by atoms with van der Waals surface area (Å²) >= 11 is 0. The van der Waals surface area contributed by atoms with Crippen LogP contribution in [0.3, 0.4) is 0 Å². The third-order valence-corrected chi connectivity index (χ3v) is 3.02. The molecular weight excluding hydrogens is 256 g/mol. The molecule has 0 unspecified atom stereocenters. The Kier molecular flexibility index (Phi) is 5.88. The largest absolute Gasteiger partial charge is 0.395 e. The minimum Gasteiger partial charge on any atom is -0.395 e. The average molecular weight is 280 g/mol. The first-order chi connectivity index (χ1) is 9.42. The Morgan fingerprint density at radius 1 is 1.40 bits per heavy atom. The van der Waals surface area contributed by atoms with E-state index in [0.717, 1.165) is 0 Å². The highest BCUT2D eigenvalue weighted by atomic mass is 16.3. The van der Waals surface area contributed by atoms with Crippen molar-refractivity contribution < 1.29 is 9.90 Å². The summed E-state index contributed by atoms with van der Waals surface area (Å²) in [5, 5.41) is 12.1. The lowest BCUT2D eigenvalue weighted by atomic mass is 10.2. The quantitative estimate of drug-likeness (QED) is 0.825. The second-order valence-electron chi connectivity index (χ2n) is 5.21. The van der Waals surface area contributed by atoms with Crippen LogP contribution >= 0.6 is 0 Å². The van der Waals surface area contributed by atoms with Gasteiger partial charge in [-0.15, -0.1) is 0 Å². The minimum atomic E-state index is -0.192. The first-order valence-corrected chi connectivity index (χ1v) is 6.88.